The molecule has 0 aliphatic carbocycles. The fourth-order valence-electron chi connectivity index (χ4n) is 2.17. The van der Waals surface area contributed by atoms with Gasteiger partial charge < -0.3 is 5.32 Å². The summed E-state index contributed by atoms with van der Waals surface area (Å²) < 4.78 is 3.63. The van der Waals surface area contributed by atoms with Gasteiger partial charge in [0.15, 0.2) is 5.82 Å². The zero-order chi connectivity index (χ0) is 13.4. The zero-order valence-corrected chi connectivity index (χ0v) is 11.3. The summed E-state index contributed by atoms with van der Waals surface area (Å²) in [4.78, 5) is 4.39. The fraction of sp³-hybridized carbons (Fsp3) is 0.308. The summed E-state index contributed by atoms with van der Waals surface area (Å²) in [5.41, 5.74) is 3.95. The van der Waals surface area contributed by atoms with Crippen molar-refractivity contribution in [1.82, 2.24) is 24.4 Å². The Balaban J connectivity index is 2.05. The summed E-state index contributed by atoms with van der Waals surface area (Å²) in [6.45, 7) is 4.06. The number of aromatic nitrogens is 5. The Bertz CT molecular complexity index is 724. The number of hydrogen-bond acceptors (Lipinski definition) is 4. The molecule has 0 atom stereocenters. The van der Waals surface area contributed by atoms with E-state index < -0.39 is 0 Å². The Hall–Kier alpha value is -2.37. The minimum absolute atomic E-state index is 0.797. The van der Waals surface area contributed by atoms with Crippen LogP contribution in [0.2, 0.25) is 0 Å². The van der Waals surface area contributed by atoms with Crippen molar-refractivity contribution in [3.05, 3.63) is 36.0 Å². The lowest BCUT2D eigenvalue weighted by molar-refractivity contribution is 0.746. The molecule has 3 rings (SSSR count). The van der Waals surface area contributed by atoms with Crippen LogP contribution >= 0.6 is 0 Å². The molecule has 0 saturated carbocycles. The monoisotopic (exact) mass is 256 g/mol. The first kappa shape index (κ1) is 11.7. The second-order valence-electron chi connectivity index (χ2n) is 4.53. The molecule has 98 valence electrons. The molecule has 0 saturated heterocycles. The van der Waals surface area contributed by atoms with Gasteiger partial charge in [-0.15, -0.1) is 0 Å². The van der Waals surface area contributed by atoms with Gasteiger partial charge in [0.2, 0.25) is 0 Å². The predicted octanol–water partition coefficient (Wildman–Crippen LogP) is 2.08. The summed E-state index contributed by atoms with van der Waals surface area (Å²) in [5, 5.41) is 12.1. The van der Waals surface area contributed by atoms with Crippen molar-refractivity contribution in [2.45, 2.75) is 20.3 Å². The van der Waals surface area contributed by atoms with Gasteiger partial charge in [-0.3, -0.25) is 4.68 Å². The fourth-order valence-corrected chi connectivity index (χ4v) is 2.17. The van der Waals surface area contributed by atoms with Gasteiger partial charge in [0.1, 0.15) is 5.52 Å². The molecule has 6 nitrogen and oxygen atoms in total. The SMILES string of the molecule is CCc1nn(C)cc1Nc1nccn2nc(C)cc12. The smallest absolute Gasteiger partial charge is 0.156 e. The van der Waals surface area contributed by atoms with Crippen molar-refractivity contribution in [2.75, 3.05) is 5.32 Å². The van der Waals surface area contributed by atoms with Crippen molar-refractivity contribution >= 4 is 17.0 Å². The van der Waals surface area contributed by atoms with Crippen molar-refractivity contribution in [1.29, 1.82) is 0 Å². The average Bonchev–Trinajstić information content (AvgIpc) is 2.92. The van der Waals surface area contributed by atoms with E-state index in [0.717, 1.165) is 34.8 Å². The number of nitrogens with one attached hydrogen (secondary N) is 1. The molecule has 19 heavy (non-hydrogen) atoms. The van der Waals surface area contributed by atoms with Crippen LogP contribution in [0, 0.1) is 6.92 Å². The first-order valence-electron chi connectivity index (χ1n) is 6.28. The highest BCUT2D eigenvalue weighted by molar-refractivity contribution is 5.73. The summed E-state index contributed by atoms with van der Waals surface area (Å²) in [5.74, 6) is 0.797. The number of hydrogen-bond donors (Lipinski definition) is 1. The molecule has 0 aromatic carbocycles. The van der Waals surface area contributed by atoms with Crippen LogP contribution in [0.3, 0.4) is 0 Å². The van der Waals surface area contributed by atoms with Crippen molar-refractivity contribution in [3.63, 3.8) is 0 Å². The summed E-state index contributed by atoms with van der Waals surface area (Å²) in [7, 11) is 1.92. The molecule has 0 aliphatic rings. The summed E-state index contributed by atoms with van der Waals surface area (Å²) in [6, 6.07) is 2.01. The first-order chi connectivity index (χ1) is 9.17. The predicted molar refractivity (Wildman–Crippen MR) is 73.6 cm³/mol. The number of fused-ring (bicyclic) bond motifs is 1. The van der Waals surface area contributed by atoms with Gasteiger partial charge in [0.05, 0.1) is 17.1 Å². The quantitative estimate of drug-likeness (QED) is 0.779. The molecule has 3 aromatic heterocycles. The molecule has 3 aromatic rings. The lowest BCUT2D eigenvalue weighted by atomic mass is 10.3. The van der Waals surface area contributed by atoms with Crippen LogP contribution < -0.4 is 5.32 Å². The maximum atomic E-state index is 4.41. The molecule has 0 spiro atoms. The van der Waals surface area contributed by atoms with E-state index in [4.69, 9.17) is 0 Å². The van der Waals surface area contributed by atoms with E-state index in [-0.39, 0.29) is 0 Å². The highest BCUT2D eigenvalue weighted by Crippen LogP contribution is 2.22. The van der Waals surface area contributed by atoms with E-state index in [1.165, 1.54) is 0 Å². The standard InChI is InChI=1S/C13H16N6/c1-4-10-11(8-18(3)17-10)15-13-12-7-9(2)16-19(12)6-5-14-13/h5-8H,4H2,1-3H3,(H,14,15). The summed E-state index contributed by atoms with van der Waals surface area (Å²) in [6.07, 6.45) is 6.43. The minimum atomic E-state index is 0.797. The molecular formula is C13H16N6. The van der Waals surface area contributed by atoms with Gasteiger partial charge in [-0.2, -0.15) is 10.2 Å². The lowest BCUT2D eigenvalue weighted by Crippen LogP contribution is -1.98. The van der Waals surface area contributed by atoms with Crippen molar-refractivity contribution in [3.8, 4) is 0 Å². The van der Waals surface area contributed by atoms with Gasteiger partial charge in [-0.1, -0.05) is 6.92 Å². The van der Waals surface area contributed by atoms with Gasteiger partial charge >= 0.3 is 0 Å². The van der Waals surface area contributed by atoms with E-state index in [2.05, 4.69) is 27.4 Å². The Morgan fingerprint density at radius 2 is 2.16 bits per heavy atom. The van der Waals surface area contributed by atoms with Crippen LogP contribution in [0.15, 0.2) is 24.7 Å². The molecule has 0 unspecified atom stereocenters. The third kappa shape index (κ3) is 2.05. The van der Waals surface area contributed by atoms with Crippen LogP contribution in [0.5, 0.6) is 0 Å². The highest BCUT2D eigenvalue weighted by Gasteiger charge is 2.10. The number of nitrogens with zero attached hydrogens (tertiary/aromatic N) is 5. The van der Waals surface area contributed by atoms with E-state index >= 15 is 0 Å². The lowest BCUT2D eigenvalue weighted by Gasteiger charge is -2.05. The third-order valence-electron chi connectivity index (χ3n) is 3.01. The summed E-state index contributed by atoms with van der Waals surface area (Å²) >= 11 is 0. The van der Waals surface area contributed by atoms with Gasteiger partial charge in [0.25, 0.3) is 0 Å². The molecule has 6 heteroatoms. The number of anilines is 2. The first-order valence-corrected chi connectivity index (χ1v) is 6.28. The van der Waals surface area contributed by atoms with Gasteiger partial charge in [-0.25, -0.2) is 9.50 Å². The second kappa shape index (κ2) is 4.38. The Kier molecular flexibility index (Phi) is 2.70. The Morgan fingerprint density at radius 1 is 1.32 bits per heavy atom. The van der Waals surface area contributed by atoms with E-state index in [1.807, 2.05) is 41.6 Å². The third-order valence-corrected chi connectivity index (χ3v) is 3.01. The Morgan fingerprint density at radius 3 is 2.95 bits per heavy atom. The molecule has 0 aliphatic heterocycles. The van der Waals surface area contributed by atoms with Crippen LogP contribution in [0.25, 0.3) is 5.52 Å². The van der Waals surface area contributed by atoms with E-state index in [0.29, 0.717) is 0 Å². The van der Waals surface area contributed by atoms with Crippen LogP contribution in [0.4, 0.5) is 11.5 Å². The van der Waals surface area contributed by atoms with E-state index in [1.54, 1.807) is 6.20 Å². The topological polar surface area (TPSA) is 60.0 Å². The minimum Gasteiger partial charge on any atom is -0.336 e. The van der Waals surface area contributed by atoms with Crippen LogP contribution in [-0.4, -0.2) is 24.4 Å². The van der Waals surface area contributed by atoms with Crippen molar-refractivity contribution < 1.29 is 0 Å². The second-order valence-corrected chi connectivity index (χ2v) is 4.53. The van der Waals surface area contributed by atoms with E-state index in [9.17, 15) is 0 Å². The average molecular weight is 256 g/mol. The normalized spacial score (nSPS) is 11.1. The molecule has 1 N–H and O–H groups in total. The maximum Gasteiger partial charge on any atom is 0.156 e. The largest absolute Gasteiger partial charge is 0.336 e. The van der Waals surface area contributed by atoms with Gasteiger partial charge in [-0.05, 0) is 19.4 Å². The number of aryl methyl sites for hydroxylation is 3. The molecular weight excluding hydrogens is 240 g/mol. The van der Waals surface area contributed by atoms with Gasteiger partial charge in [0, 0.05) is 25.6 Å². The van der Waals surface area contributed by atoms with Crippen LogP contribution in [0.1, 0.15) is 18.3 Å². The zero-order valence-electron chi connectivity index (χ0n) is 11.3. The molecule has 3 heterocycles. The molecule has 0 bridgehead atoms. The highest BCUT2D eigenvalue weighted by atomic mass is 15.3. The molecule has 0 fully saturated rings. The Labute approximate surface area is 111 Å². The van der Waals surface area contributed by atoms with Crippen LogP contribution in [-0.2, 0) is 13.5 Å². The molecule has 0 amide bonds. The maximum absolute atomic E-state index is 4.41. The molecule has 0 radical (unpaired) electrons. The van der Waals surface area contributed by atoms with Crippen molar-refractivity contribution in [2.24, 2.45) is 7.05 Å². The number of rotatable bonds is 3.